The largest absolute Gasteiger partial charge is 0.508 e. The zero-order chi connectivity index (χ0) is 105. The van der Waals surface area contributed by atoms with Crippen LogP contribution < -0.4 is 35.5 Å². The maximum atomic E-state index is 13.2. The van der Waals surface area contributed by atoms with Crippen molar-refractivity contribution in [3.05, 3.63) is 233 Å². The molecule has 138 heavy (non-hydrogen) atoms. The van der Waals surface area contributed by atoms with Gasteiger partial charge in [-0.1, -0.05) is 15.9 Å². The number of nitrogens with one attached hydrogen (secondary N) is 4. The highest BCUT2D eigenvalue weighted by Gasteiger charge is 2.44. The third-order valence-corrected chi connectivity index (χ3v) is 23.0. The number of hydrogen-bond donors (Lipinski definition) is 10. The second-order valence-electron chi connectivity index (χ2n) is 27.8. The van der Waals surface area contributed by atoms with Crippen LogP contribution in [0, 0.1) is 40.5 Å². The summed E-state index contributed by atoms with van der Waals surface area (Å²) in [6.45, 7) is 6.16. The SMILES string of the molecule is BrB(Br)Br.COc1ccc(S)cc1.COc1ccc(SC[C@](C)(O)C(=O)Nc2ccc([N+](=O)[O-])c(C(F)(F)F)c2)cc1.C[C@](O)(CBr)C(=O)Nc1ccc([N+](=O)[O-])c(C(F)(F)F)c1.C[C@](O)(CSc1ccc(O)cc1)C(=O)Nc1ccc([N+](=O)[O-])c(C(F)(F)F)c1.C[C@](O)(CSc1ccc(OC(=O)N(CCCl)CCCl)cc1)C(=O)Nc1ccc([N+](=O)[O-])c(C(F)(F)F)c1.O=C(Cl)N(CCCl)CCCl. The molecule has 0 aliphatic carbocycles. The number of rotatable bonds is 33. The molecule has 8 rings (SSSR count). The van der Waals surface area contributed by atoms with E-state index in [1.807, 2.05) is 24.3 Å². The van der Waals surface area contributed by atoms with Crippen LogP contribution in [0.25, 0.3) is 0 Å². The Morgan fingerprint density at radius 2 is 0.645 bits per heavy atom. The van der Waals surface area contributed by atoms with E-state index >= 15 is 0 Å². The van der Waals surface area contributed by atoms with E-state index in [-0.39, 0.29) is 84.9 Å². The van der Waals surface area contributed by atoms with Gasteiger partial charge in [0.25, 0.3) is 46.4 Å². The topological polar surface area (TPSA) is 458 Å². The van der Waals surface area contributed by atoms with Gasteiger partial charge in [-0.25, -0.2) is 4.79 Å². The molecule has 6 amide bonds. The number of phenols is 1. The summed E-state index contributed by atoms with van der Waals surface area (Å²) in [6.07, 6.45) is -20.5. The third kappa shape index (κ3) is 45.0. The molecule has 58 heteroatoms. The van der Waals surface area contributed by atoms with E-state index in [1.165, 1.54) is 61.9 Å². The molecule has 8 aromatic rings. The van der Waals surface area contributed by atoms with Crippen molar-refractivity contribution in [2.75, 3.05) is 108 Å². The maximum Gasteiger partial charge on any atom is 0.423 e. The van der Waals surface area contributed by atoms with Crippen molar-refractivity contribution >= 4 is 253 Å². The number of benzene rings is 8. The summed E-state index contributed by atoms with van der Waals surface area (Å²) >= 11 is 46.9. The van der Waals surface area contributed by atoms with E-state index in [1.54, 1.807) is 55.6 Å². The normalized spacial score (nSPS) is 12.7. The number of thiol groups is 1. The number of carbonyl (C=O) groups is 6. The number of carbonyl (C=O) groups excluding carboxylic acids is 6. The molecule has 0 radical (unpaired) electrons. The molecule has 0 heterocycles. The lowest BCUT2D eigenvalue weighted by atomic mass is 10.1. The molecule has 0 fully saturated rings. The van der Waals surface area contributed by atoms with Gasteiger partial charge in [-0.3, -0.25) is 64.4 Å². The quantitative estimate of drug-likeness (QED) is 0.00210. The molecule has 0 spiro atoms. The molecule has 756 valence electrons. The van der Waals surface area contributed by atoms with Crippen LogP contribution in [-0.2, 0) is 43.9 Å². The van der Waals surface area contributed by atoms with Crippen molar-refractivity contribution in [1.29, 1.82) is 0 Å². The fourth-order valence-electron chi connectivity index (χ4n) is 9.55. The van der Waals surface area contributed by atoms with Crippen LogP contribution in [-0.4, -0.2) is 202 Å². The van der Waals surface area contributed by atoms with Crippen molar-refractivity contribution in [2.24, 2.45) is 0 Å². The van der Waals surface area contributed by atoms with Gasteiger partial charge in [-0.05, 0) is 185 Å². The van der Waals surface area contributed by atoms with Gasteiger partial charge >= 0.3 is 39.3 Å². The predicted molar refractivity (Wildman–Crippen MR) is 519 cm³/mol. The van der Waals surface area contributed by atoms with Crippen molar-refractivity contribution < 1.29 is 141 Å². The molecule has 0 saturated carbocycles. The summed E-state index contributed by atoms with van der Waals surface area (Å²) in [7, 11) is 3.16. The molecule has 4 atom stereocenters. The Kier molecular flexibility index (Phi) is 53.2. The smallest absolute Gasteiger partial charge is 0.423 e. The Morgan fingerprint density at radius 1 is 0.413 bits per heavy atom. The number of ether oxygens (including phenoxy) is 3. The number of nitro groups is 4. The Balaban J connectivity index is 0.000000582. The van der Waals surface area contributed by atoms with E-state index in [2.05, 4.69) is 97.1 Å². The van der Waals surface area contributed by atoms with E-state index in [9.17, 15) is 147 Å². The van der Waals surface area contributed by atoms with Crippen LogP contribution >= 0.6 is 169 Å². The zero-order valence-corrected chi connectivity index (χ0v) is 85.2. The van der Waals surface area contributed by atoms with Crippen LogP contribution in [0.3, 0.4) is 0 Å². The summed E-state index contributed by atoms with van der Waals surface area (Å²) in [5, 5.41) is 101. The Bertz CT molecular complexity index is 5380. The standard InChI is InChI=1S/C22H22Cl2F3N3O6S.C18H17F3N2O5S.C17H15F3N2O5S.C11H10BrF3N2O4.C7H8OS.C5H8Cl3NO.BBr3/c1-21(33,19(31)28-14-2-7-18(30(34)35)17(12-14)22(25,26)27)13-37-16-5-3-15(4-6-16)36-20(32)29(10-8-23)11-9-24;1-17(25,10-29-13-6-4-12(28-2)5-7-13)16(24)22-11-3-8-15(23(26)27)14(9-11)18(19,20)21;1-16(25,9-28-12-5-3-11(23)4-6-12)15(24)21-10-2-7-14(22(26)27)13(8-10)17(18,19)20;1-10(19,5-12)9(18)16-6-2-3-8(17(20)21)7(4-6)11(13,14)15;1-8-6-2-4-7(9)5-3-6;6-1-3-9(4-2-7)5(8)10;2-1(3)4/h2-7,12,33H,8-11,13H2,1H3,(H,28,31);3-9,25H,10H2,1-2H3,(H,22,24);2-8,23,25H,9H2,1H3,(H,21,24);2-4,19H,5H2,1H3,(H,16,18);2-5,9H,1H3;1-4H2;/t21-;17-;16-;10-;;;/m0000.../s1. The summed E-state index contributed by atoms with van der Waals surface area (Å²) in [5.74, 6) is -1.27. The second kappa shape index (κ2) is 58.6. The molecular formula is C80H80BBr4Cl5F12N10O22S4. The van der Waals surface area contributed by atoms with Gasteiger partial charge in [-0.2, -0.15) is 52.7 Å². The van der Waals surface area contributed by atoms with Gasteiger partial charge in [0.05, 0.1) is 33.9 Å². The first-order valence-electron chi connectivity index (χ1n) is 37.8. The summed E-state index contributed by atoms with van der Waals surface area (Å²) in [4.78, 5) is 115. The number of aliphatic hydroxyl groups is 4. The molecule has 32 nitrogen and oxygen atoms in total. The number of hydrogen-bond acceptors (Lipinski definition) is 26. The zero-order valence-electron chi connectivity index (χ0n) is 71.7. The van der Waals surface area contributed by atoms with Crippen LogP contribution in [0.4, 0.5) is 108 Å². The summed E-state index contributed by atoms with van der Waals surface area (Å²) in [6, 6.07) is 34.7. The lowest BCUT2D eigenvalue weighted by Crippen LogP contribution is -2.42. The van der Waals surface area contributed by atoms with E-state index in [0.717, 1.165) is 82.0 Å². The van der Waals surface area contributed by atoms with Crippen LogP contribution in [0.15, 0.2) is 189 Å². The first-order valence-corrected chi connectivity index (χ1v) is 47.6. The third-order valence-electron chi connectivity index (χ3n) is 16.7. The Labute approximate surface area is 854 Å². The molecular weight excluding hydrogens is 2320 g/mol. The number of amides is 6. The number of alkyl halides is 17. The van der Waals surface area contributed by atoms with Gasteiger partial charge < -0.3 is 70.8 Å². The molecule has 0 aromatic heterocycles. The Hall–Kier alpha value is -8.79. The molecule has 0 saturated heterocycles. The van der Waals surface area contributed by atoms with Crippen molar-refractivity contribution in [1.82, 2.24) is 9.80 Å². The average Bonchev–Trinajstić information content (AvgIpc) is 0.813. The first-order chi connectivity index (χ1) is 63.9. The van der Waals surface area contributed by atoms with Gasteiger partial charge in [0.2, 0.25) is 0 Å². The minimum atomic E-state index is -5.02. The van der Waals surface area contributed by atoms with E-state index in [0.29, 0.717) is 88.9 Å². The second-order valence-corrected chi connectivity index (χ2v) is 40.3. The summed E-state index contributed by atoms with van der Waals surface area (Å²) in [5.41, 5.74) is -19.6. The highest BCUT2D eigenvalue weighted by molar-refractivity contribution is 9.69. The van der Waals surface area contributed by atoms with E-state index in [4.69, 9.17) is 72.2 Å². The predicted octanol–water partition coefficient (Wildman–Crippen LogP) is 22.2. The maximum absolute atomic E-state index is 13.2. The summed E-state index contributed by atoms with van der Waals surface area (Å²) < 4.78 is 171. The van der Waals surface area contributed by atoms with Crippen molar-refractivity contribution in [3.8, 4) is 23.0 Å². The lowest BCUT2D eigenvalue weighted by molar-refractivity contribution is -0.388. The molecule has 0 unspecified atom stereocenters. The van der Waals surface area contributed by atoms with Gasteiger partial charge in [0.15, 0.2) is 0 Å². The fourth-order valence-corrected chi connectivity index (χ4v) is 13.7. The van der Waals surface area contributed by atoms with E-state index < -0.39 is 147 Å². The lowest BCUT2D eigenvalue weighted by Gasteiger charge is -2.22. The number of aromatic hydroxyl groups is 1. The van der Waals surface area contributed by atoms with Crippen LogP contribution in [0.2, 0.25) is 0 Å². The minimum absolute atomic E-state index is 0.0486. The molecule has 9 N–H and O–H groups in total. The molecule has 8 aromatic carbocycles. The van der Waals surface area contributed by atoms with Crippen LogP contribution in [0.1, 0.15) is 49.9 Å². The van der Waals surface area contributed by atoms with Gasteiger partial charge in [0.1, 0.15) is 67.7 Å². The number of methoxy groups -OCH3 is 2. The van der Waals surface area contributed by atoms with Gasteiger partial charge in [-0.15, -0.1) is 142 Å². The molecule has 0 aliphatic rings. The highest BCUT2D eigenvalue weighted by Crippen LogP contribution is 2.43. The number of nitrogens with zero attached hydrogens (tertiary/aromatic N) is 6. The first kappa shape index (κ1) is 125. The number of nitro benzene ring substituents is 4. The number of halogens is 21. The molecule has 0 bridgehead atoms. The highest BCUT2D eigenvalue weighted by atomic mass is 79.9. The number of thioether (sulfide) groups is 3. The number of anilines is 4. The average molecular weight is 2400 g/mol. The monoisotopic (exact) mass is 2390 g/mol. The minimum Gasteiger partial charge on any atom is -0.508 e. The molecule has 0 aliphatic heterocycles. The Morgan fingerprint density at radius 3 is 0.870 bits per heavy atom. The van der Waals surface area contributed by atoms with Crippen molar-refractivity contribution in [3.63, 3.8) is 0 Å². The number of phenolic OH excluding ortho intramolecular Hbond substituents is 1. The van der Waals surface area contributed by atoms with Crippen LogP contribution in [0.5, 0.6) is 23.0 Å². The van der Waals surface area contributed by atoms with Crippen molar-refractivity contribution in [2.45, 2.75) is 94.4 Å². The van der Waals surface area contributed by atoms with Gasteiger partial charge in [0, 0.05) is 139 Å². The fraction of sp³-hybridized carbons (Fsp3) is 0.325.